The minimum absolute atomic E-state index is 0. The summed E-state index contributed by atoms with van der Waals surface area (Å²) in [7, 11) is 1.47. The molecule has 0 radical (unpaired) electrons. The summed E-state index contributed by atoms with van der Waals surface area (Å²) >= 11 is 0. The van der Waals surface area contributed by atoms with Gasteiger partial charge in [-0.15, -0.1) is 0 Å². The van der Waals surface area contributed by atoms with E-state index in [-0.39, 0.29) is 88.0 Å². The molecule has 3 aromatic carbocycles. The van der Waals surface area contributed by atoms with Crippen LogP contribution in [0.15, 0.2) is 85.5 Å². The number of hydrogen-bond acceptors (Lipinski definition) is 6. The maximum atomic E-state index is 14.5. The normalized spacial score (nSPS) is 30.9. The van der Waals surface area contributed by atoms with E-state index in [0.29, 0.717) is 55.0 Å². The van der Waals surface area contributed by atoms with E-state index in [4.69, 9.17) is 14.2 Å². The molecule has 0 amide bonds. The molecule has 2 aromatic heterocycles. The number of rotatable bonds is 4. The number of carbonyl (C=O) groups excluding carboxylic acids is 3. The van der Waals surface area contributed by atoms with Crippen molar-refractivity contribution in [3.8, 4) is 0 Å². The van der Waals surface area contributed by atoms with Crippen LogP contribution in [0.1, 0.15) is 96.1 Å². The maximum absolute atomic E-state index is 14.5. The molecule has 4 aliphatic carbocycles. The fourth-order valence-corrected chi connectivity index (χ4v) is 13.9. The van der Waals surface area contributed by atoms with Gasteiger partial charge in [-0.25, -0.2) is 27.9 Å². The quantitative estimate of drug-likeness (QED) is 0.156. The average molecular weight is 987 g/mol. The van der Waals surface area contributed by atoms with Gasteiger partial charge in [-0.3, -0.25) is 4.79 Å². The molecule has 4 fully saturated rings. The molecule has 4 saturated carbocycles. The van der Waals surface area contributed by atoms with Gasteiger partial charge < -0.3 is 48.2 Å². The zero-order valence-corrected chi connectivity index (χ0v) is 40.3. The molecule has 5 aromatic rings. The van der Waals surface area contributed by atoms with Gasteiger partial charge in [0.15, 0.2) is 35.2 Å². The molecular formula is C51H62Br2N4O6. The molecule has 0 saturated heterocycles. The highest BCUT2D eigenvalue weighted by atomic mass is 79.9. The van der Waals surface area contributed by atoms with Crippen LogP contribution in [-0.2, 0) is 54.8 Å². The molecule has 63 heavy (non-hydrogen) atoms. The van der Waals surface area contributed by atoms with Gasteiger partial charge in [0, 0.05) is 11.8 Å². The highest BCUT2D eigenvalue weighted by Crippen LogP contribution is 2.69. The molecule has 12 heteroatoms. The van der Waals surface area contributed by atoms with E-state index in [9.17, 15) is 14.4 Å². The van der Waals surface area contributed by atoms with Crippen LogP contribution in [0.3, 0.4) is 0 Å². The Morgan fingerprint density at radius 2 is 1.35 bits per heavy atom. The van der Waals surface area contributed by atoms with Crippen molar-refractivity contribution in [1.29, 1.82) is 0 Å². The first-order valence-electron chi connectivity index (χ1n) is 23.0. The predicted octanol–water partition coefficient (Wildman–Crippen LogP) is 1.97. The van der Waals surface area contributed by atoms with Gasteiger partial charge in [-0.05, 0) is 134 Å². The lowest BCUT2D eigenvalue weighted by atomic mass is 9.43. The van der Waals surface area contributed by atoms with E-state index in [1.165, 1.54) is 12.7 Å². The zero-order chi connectivity index (χ0) is 42.0. The first-order chi connectivity index (χ1) is 29.5. The molecule has 11 bridgehead atoms. The number of hydrogen-bond donors (Lipinski definition) is 0. The van der Waals surface area contributed by atoms with Crippen molar-refractivity contribution in [2.45, 2.75) is 123 Å². The minimum atomic E-state index is -0.230. The Morgan fingerprint density at radius 1 is 0.762 bits per heavy atom. The second-order valence-electron chi connectivity index (χ2n) is 19.9. The topological polar surface area (TPSA) is 96.5 Å². The smallest absolute Gasteiger partial charge is 0.348 e. The average Bonchev–Trinajstić information content (AvgIpc) is 3.91. The van der Waals surface area contributed by atoms with Gasteiger partial charge in [0.1, 0.15) is 25.3 Å². The number of esters is 3. The molecule has 3 aliphatic heterocycles. The van der Waals surface area contributed by atoms with Crippen molar-refractivity contribution >= 4 is 40.0 Å². The standard InChI is InChI=1S/C51H62N4O6.2BrH/c1-33(13-22-47(56)59-4)39-20-21-40-38-19-18-36-25-37-23-24-50(36,2)41(38)26-46(51(39,40)3)61-49(58)30-55-32-53(43-10-6-8-12-45(43)55)28-35-16-14-34(15-17-35)27-52-31-54(29-48(57)60-37)44-11-7-5-9-42(44)52;;/h5-12,14-17,31-33,36-41,46H,13,18-30H2,1-4H3;2*1H/q+2;;/p-2/t33-,36-,37-,38+,39-,40+,41+,46+,50+,51-;;/m1../s1. The number of aromatic nitrogens is 4. The van der Waals surface area contributed by atoms with Gasteiger partial charge in [-0.2, -0.15) is 0 Å². The van der Waals surface area contributed by atoms with E-state index in [1.807, 2.05) is 16.7 Å². The van der Waals surface area contributed by atoms with Crippen molar-refractivity contribution in [2.75, 3.05) is 7.11 Å². The fraction of sp³-hybridized carbons (Fsp3) is 0.549. The largest absolute Gasteiger partial charge is 1.00 e. The van der Waals surface area contributed by atoms with Crippen LogP contribution in [0.4, 0.5) is 0 Å². The summed E-state index contributed by atoms with van der Waals surface area (Å²) in [5.41, 5.74) is 6.39. The van der Waals surface area contributed by atoms with Gasteiger partial charge in [-0.1, -0.05) is 69.3 Å². The third kappa shape index (κ3) is 8.18. The number of ether oxygens (including phenoxy) is 3. The lowest BCUT2D eigenvalue weighted by Gasteiger charge is -2.62. The number of para-hydroxylation sites is 4. The second kappa shape index (κ2) is 18.1. The summed E-state index contributed by atoms with van der Waals surface area (Å²) in [5.74, 6) is 1.95. The number of fused-ring (bicyclic) bond motifs is 6. The number of nitrogens with zero attached hydrogens (tertiary/aromatic N) is 4. The van der Waals surface area contributed by atoms with E-state index in [2.05, 4.69) is 108 Å². The molecule has 10 atom stereocenters. The number of methoxy groups -OCH3 is 1. The van der Waals surface area contributed by atoms with Crippen LogP contribution in [0.5, 0.6) is 0 Å². The lowest BCUT2D eigenvalue weighted by Crippen LogP contribution is -3.00. The Morgan fingerprint density at radius 3 is 1.95 bits per heavy atom. The first kappa shape index (κ1) is 45.5. The summed E-state index contributed by atoms with van der Waals surface area (Å²) in [4.78, 5) is 40.6. The molecule has 0 unspecified atom stereocenters. The molecule has 10 nitrogen and oxygen atoms in total. The lowest BCUT2D eigenvalue weighted by molar-refractivity contribution is -0.663. The van der Waals surface area contributed by atoms with E-state index in [0.717, 1.165) is 85.4 Å². The van der Waals surface area contributed by atoms with Gasteiger partial charge >= 0.3 is 17.9 Å². The van der Waals surface area contributed by atoms with Gasteiger partial charge in [0.25, 0.3) is 0 Å². The van der Waals surface area contributed by atoms with Crippen molar-refractivity contribution in [3.05, 3.63) is 96.6 Å². The van der Waals surface area contributed by atoms with Crippen LogP contribution in [-0.4, -0.2) is 46.4 Å². The fourth-order valence-electron chi connectivity index (χ4n) is 13.9. The van der Waals surface area contributed by atoms with Crippen LogP contribution < -0.4 is 43.1 Å². The number of imidazole rings is 2. The maximum Gasteiger partial charge on any atom is 0.348 e. The third-order valence-corrected chi connectivity index (χ3v) is 16.9. The SMILES string of the molecule is COC(=O)CC[C@@H](C)[C@H]1CC[C@H]2[C@@H]3CC[C@@H]4C[C@H]5CC[C@]4(C)[C@H]3C[C@H](OC(=O)Cn3c[n+](c4ccccc43)Cc3ccc(cc3)C[n+]3cn(c4ccccc43)CC(=O)O5)[C@]12C.[Br-].[Br-]. The zero-order valence-electron chi connectivity index (χ0n) is 37.1. The molecule has 12 rings (SSSR count). The number of halogens is 2. The second-order valence-corrected chi connectivity index (χ2v) is 19.9. The van der Waals surface area contributed by atoms with Gasteiger partial charge in [0.05, 0.1) is 7.11 Å². The summed E-state index contributed by atoms with van der Waals surface area (Å²) in [6, 6.07) is 25.4. The third-order valence-electron chi connectivity index (χ3n) is 16.9. The van der Waals surface area contributed by atoms with Crippen molar-refractivity contribution in [1.82, 2.24) is 9.13 Å². The summed E-state index contributed by atoms with van der Waals surface area (Å²) in [6.45, 7) is 8.89. The minimum Gasteiger partial charge on any atom is -1.00 e. The highest BCUT2D eigenvalue weighted by molar-refractivity contribution is 5.77. The van der Waals surface area contributed by atoms with Gasteiger partial charge in [0.2, 0.25) is 12.7 Å². The Balaban J connectivity index is 0.00000272. The van der Waals surface area contributed by atoms with Crippen LogP contribution in [0.25, 0.3) is 22.1 Å². The van der Waals surface area contributed by atoms with E-state index in [1.54, 1.807) is 0 Å². The molecule has 0 spiro atoms. The summed E-state index contributed by atoms with van der Waals surface area (Å²) < 4.78 is 26.9. The Labute approximate surface area is 392 Å². The molecule has 7 aliphatic rings. The van der Waals surface area contributed by atoms with Crippen LogP contribution >= 0.6 is 0 Å². The van der Waals surface area contributed by atoms with E-state index < -0.39 is 0 Å². The summed E-state index contributed by atoms with van der Waals surface area (Å²) in [6.07, 6.45) is 13.1. The molecule has 336 valence electrons. The Hall–Kier alpha value is -4.03. The number of carbonyl (C=O) groups is 3. The summed E-state index contributed by atoms with van der Waals surface area (Å²) in [5, 5.41) is 0. The number of benzene rings is 3. The van der Waals surface area contributed by atoms with Crippen molar-refractivity contribution in [2.24, 2.45) is 46.3 Å². The molecule has 0 N–H and O–H groups in total. The monoisotopic (exact) mass is 984 g/mol. The van der Waals surface area contributed by atoms with Crippen molar-refractivity contribution < 1.29 is 71.7 Å². The van der Waals surface area contributed by atoms with Crippen LogP contribution in [0.2, 0.25) is 0 Å². The Kier molecular flexibility index (Phi) is 13.1. The highest BCUT2D eigenvalue weighted by Gasteiger charge is 2.65. The van der Waals surface area contributed by atoms with Crippen LogP contribution in [0, 0.1) is 46.3 Å². The predicted molar refractivity (Wildman–Crippen MR) is 230 cm³/mol. The molecule has 5 heterocycles. The Bertz CT molecular complexity index is 2480. The van der Waals surface area contributed by atoms with E-state index >= 15 is 0 Å². The molecular weight excluding hydrogens is 924 g/mol. The first-order valence-corrected chi connectivity index (χ1v) is 23.0. The van der Waals surface area contributed by atoms with Crippen molar-refractivity contribution in [3.63, 3.8) is 0 Å².